The number of urea groups is 1. The van der Waals surface area contributed by atoms with Gasteiger partial charge in [0, 0.05) is 18.7 Å². The molecule has 7 heteroatoms. The fraction of sp³-hybridized carbons (Fsp3) is 0.400. The van der Waals surface area contributed by atoms with Gasteiger partial charge in [0.2, 0.25) is 11.7 Å². The van der Waals surface area contributed by atoms with Crippen LogP contribution in [-0.2, 0) is 0 Å². The molecule has 1 fully saturated rings. The number of nitrogens with zero attached hydrogens (tertiary/aromatic N) is 3. The van der Waals surface area contributed by atoms with Gasteiger partial charge in [-0.1, -0.05) is 5.16 Å². The van der Waals surface area contributed by atoms with Gasteiger partial charge in [-0.2, -0.15) is 4.98 Å². The van der Waals surface area contributed by atoms with Crippen LogP contribution in [0.1, 0.15) is 31.7 Å². The fourth-order valence-electron chi connectivity index (χ4n) is 2.61. The Morgan fingerprint density at radius 2 is 2.23 bits per heavy atom. The third-order valence-electron chi connectivity index (χ3n) is 3.67. The van der Waals surface area contributed by atoms with E-state index in [1.165, 1.54) is 12.1 Å². The molecule has 0 radical (unpaired) electrons. The van der Waals surface area contributed by atoms with Gasteiger partial charge in [0.05, 0.1) is 0 Å². The number of carbonyl (C=O) groups is 1. The second-order valence-electron chi connectivity index (χ2n) is 5.15. The summed E-state index contributed by atoms with van der Waals surface area (Å²) in [7, 11) is 0. The van der Waals surface area contributed by atoms with E-state index in [4.69, 9.17) is 4.52 Å². The maximum atomic E-state index is 13.0. The van der Waals surface area contributed by atoms with E-state index in [-0.39, 0.29) is 17.9 Å². The topological polar surface area (TPSA) is 71.3 Å². The molecule has 116 valence electrons. The van der Waals surface area contributed by atoms with Gasteiger partial charge in [-0.15, -0.1) is 0 Å². The van der Waals surface area contributed by atoms with Crippen molar-refractivity contribution in [2.24, 2.45) is 0 Å². The minimum Gasteiger partial charge on any atom is -0.338 e. The van der Waals surface area contributed by atoms with Crippen LogP contribution < -0.4 is 5.32 Å². The summed E-state index contributed by atoms with van der Waals surface area (Å²) in [4.78, 5) is 18.1. The summed E-state index contributed by atoms with van der Waals surface area (Å²) in [6.45, 7) is 3.12. The van der Waals surface area contributed by atoms with Gasteiger partial charge >= 0.3 is 6.03 Å². The van der Waals surface area contributed by atoms with Crippen LogP contribution in [0.2, 0.25) is 0 Å². The Morgan fingerprint density at radius 1 is 1.45 bits per heavy atom. The zero-order chi connectivity index (χ0) is 15.5. The van der Waals surface area contributed by atoms with Gasteiger partial charge in [-0.05, 0) is 44.0 Å². The molecular formula is C15H17FN4O2. The van der Waals surface area contributed by atoms with Crippen LogP contribution in [-0.4, -0.2) is 34.2 Å². The molecule has 2 aromatic rings. The standard InChI is InChI=1S/C15H17FN4O2/c1-2-17-15(21)20-9-3-4-12(20)14-18-13(19-22-14)10-5-7-11(16)8-6-10/h5-8,12H,2-4,9H2,1H3,(H,17,21). The SMILES string of the molecule is CCNC(=O)N1CCCC1c1nc(-c2ccc(F)cc2)no1. The summed E-state index contributed by atoms with van der Waals surface area (Å²) >= 11 is 0. The molecule has 1 unspecified atom stereocenters. The first-order valence-corrected chi connectivity index (χ1v) is 7.33. The van der Waals surface area contributed by atoms with Crippen LogP contribution in [0.15, 0.2) is 28.8 Å². The zero-order valence-corrected chi connectivity index (χ0v) is 12.3. The second-order valence-corrected chi connectivity index (χ2v) is 5.15. The number of likely N-dealkylation sites (tertiary alicyclic amines) is 1. The highest BCUT2D eigenvalue weighted by atomic mass is 19.1. The Hall–Kier alpha value is -2.44. The summed E-state index contributed by atoms with van der Waals surface area (Å²) in [5.41, 5.74) is 0.680. The normalized spacial score (nSPS) is 17.7. The van der Waals surface area contributed by atoms with Crippen LogP contribution in [0.4, 0.5) is 9.18 Å². The molecule has 0 spiro atoms. The van der Waals surface area contributed by atoms with Crippen molar-refractivity contribution in [1.82, 2.24) is 20.4 Å². The van der Waals surface area contributed by atoms with Crippen LogP contribution in [0, 0.1) is 5.82 Å². The lowest BCUT2D eigenvalue weighted by molar-refractivity contribution is 0.181. The first-order valence-electron chi connectivity index (χ1n) is 7.33. The number of carbonyl (C=O) groups excluding carboxylic acids is 1. The summed E-state index contributed by atoms with van der Waals surface area (Å²) in [5, 5.41) is 6.72. The van der Waals surface area contributed by atoms with E-state index >= 15 is 0 Å². The lowest BCUT2D eigenvalue weighted by Gasteiger charge is -2.21. The zero-order valence-electron chi connectivity index (χ0n) is 12.3. The average Bonchev–Trinajstić information content (AvgIpc) is 3.17. The molecule has 3 rings (SSSR count). The van der Waals surface area contributed by atoms with Crippen LogP contribution >= 0.6 is 0 Å². The molecule has 1 aliphatic heterocycles. The summed E-state index contributed by atoms with van der Waals surface area (Å²) in [6.07, 6.45) is 1.69. The molecular weight excluding hydrogens is 287 g/mol. The molecule has 1 aromatic carbocycles. The maximum Gasteiger partial charge on any atom is 0.318 e. The number of hydrogen-bond donors (Lipinski definition) is 1. The summed E-state index contributed by atoms with van der Waals surface area (Å²) in [6, 6.07) is 5.57. The molecule has 2 amide bonds. The molecule has 0 aliphatic carbocycles. The molecule has 2 heterocycles. The Morgan fingerprint density at radius 3 is 2.95 bits per heavy atom. The number of benzene rings is 1. The Bertz CT molecular complexity index is 656. The monoisotopic (exact) mass is 304 g/mol. The Labute approximate surface area is 127 Å². The number of hydrogen-bond acceptors (Lipinski definition) is 4. The highest BCUT2D eigenvalue weighted by Gasteiger charge is 2.33. The van der Waals surface area contributed by atoms with Crippen molar-refractivity contribution >= 4 is 6.03 Å². The van der Waals surface area contributed by atoms with Crippen molar-refractivity contribution in [1.29, 1.82) is 0 Å². The lowest BCUT2D eigenvalue weighted by Crippen LogP contribution is -2.39. The molecule has 1 saturated heterocycles. The predicted octanol–water partition coefficient (Wildman–Crippen LogP) is 2.74. The first-order chi connectivity index (χ1) is 10.7. The third kappa shape index (κ3) is 2.79. The average molecular weight is 304 g/mol. The highest BCUT2D eigenvalue weighted by Crippen LogP contribution is 2.31. The molecule has 0 saturated carbocycles. The van der Waals surface area contributed by atoms with Gasteiger partial charge in [0.25, 0.3) is 0 Å². The minimum absolute atomic E-state index is 0.119. The molecule has 1 aromatic heterocycles. The number of halogens is 1. The molecule has 6 nitrogen and oxygen atoms in total. The Kier molecular flexibility index (Phi) is 4.04. The molecule has 1 aliphatic rings. The highest BCUT2D eigenvalue weighted by molar-refractivity contribution is 5.74. The van der Waals surface area contributed by atoms with Crippen molar-refractivity contribution < 1.29 is 13.7 Å². The minimum atomic E-state index is -0.314. The van der Waals surface area contributed by atoms with E-state index < -0.39 is 0 Å². The van der Waals surface area contributed by atoms with Gasteiger partial charge in [0.1, 0.15) is 11.9 Å². The lowest BCUT2D eigenvalue weighted by atomic mass is 10.2. The van der Waals surface area contributed by atoms with E-state index in [1.54, 1.807) is 17.0 Å². The largest absolute Gasteiger partial charge is 0.338 e. The van der Waals surface area contributed by atoms with Crippen molar-refractivity contribution in [3.63, 3.8) is 0 Å². The number of amides is 2. The molecule has 22 heavy (non-hydrogen) atoms. The summed E-state index contributed by atoms with van der Waals surface area (Å²) < 4.78 is 18.3. The van der Waals surface area contributed by atoms with E-state index in [9.17, 15) is 9.18 Å². The van der Waals surface area contributed by atoms with Gasteiger partial charge in [-0.3, -0.25) is 0 Å². The maximum absolute atomic E-state index is 13.0. The van der Waals surface area contributed by atoms with Crippen molar-refractivity contribution in [3.8, 4) is 11.4 Å². The van der Waals surface area contributed by atoms with Gasteiger partial charge < -0.3 is 14.7 Å². The van der Waals surface area contributed by atoms with E-state index in [0.717, 1.165) is 12.8 Å². The van der Waals surface area contributed by atoms with E-state index in [1.807, 2.05) is 6.92 Å². The molecule has 0 bridgehead atoms. The number of rotatable bonds is 3. The van der Waals surface area contributed by atoms with E-state index in [2.05, 4.69) is 15.5 Å². The number of nitrogens with one attached hydrogen (secondary N) is 1. The smallest absolute Gasteiger partial charge is 0.318 e. The predicted molar refractivity (Wildman–Crippen MR) is 77.4 cm³/mol. The van der Waals surface area contributed by atoms with Crippen molar-refractivity contribution in [3.05, 3.63) is 36.0 Å². The number of aromatic nitrogens is 2. The van der Waals surface area contributed by atoms with Crippen molar-refractivity contribution in [2.75, 3.05) is 13.1 Å². The van der Waals surface area contributed by atoms with Crippen molar-refractivity contribution in [2.45, 2.75) is 25.8 Å². The second kappa shape index (κ2) is 6.13. The third-order valence-corrected chi connectivity index (χ3v) is 3.67. The van der Waals surface area contributed by atoms with Gasteiger partial charge in [-0.25, -0.2) is 9.18 Å². The van der Waals surface area contributed by atoms with Crippen LogP contribution in [0.25, 0.3) is 11.4 Å². The first kappa shape index (κ1) is 14.5. The van der Waals surface area contributed by atoms with E-state index in [0.29, 0.717) is 30.4 Å². The van der Waals surface area contributed by atoms with Gasteiger partial charge in [0.15, 0.2) is 0 Å². The molecule has 1 N–H and O–H groups in total. The Balaban J connectivity index is 1.80. The van der Waals surface area contributed by atoms with Crippen LogP contribution in [0.3, 0.4) is 0 Å². The van der Waals surface area contributed by atoms with Crippen LogP contribution in [0.5, 0.6) is 0 Å². The molecule has 1 atom stereocenters. The fourth-order valence-corrected chi connectivity index (χ4v) is 2.61. The summed E-state index contributed by atoms with van der Waals surface area (Å²) in [5.74, 6) is 0.506. The quantitative estimate of drug-likeness (QED) is 0.946.